The van der Waals surface area contributed by atoms with Gasteiger partial charge in [0.05, 0.1) is 57.4 Å². The second kappa shape index (κ2) is 19.1. The van der Waals surface area contributed by atoms with Gasteiger partial charge < -0.3 is 52.5 Å². The van der Waals surface area contributed by atoms with Crippen molar-refractivity contribution in [2.24, 2.45) is 17.0 Å². The van der Waals surface area contributed by atoms with Crippen LogP contribution in [0.15, 0.2) is 96.1 Å². The summed E-state index contributed by atoms with van der Waals surface area (Å²) in [5, 5.41) is 15.3. The van der Waals surface area contributed by atoms with Crippen molar-refractivity contribution < 1.29 is 52.5 Å². The Bertz CT molecular complexity index is 1740. The molecule has 0 radical (unpaired) electrons. The van der Waals surface area contributed by atoms with Crippen LogP contribution in [0, 0.1) is 11.8 Å². The number of hydrogen-bond donors (Lipinski definition) is 1. The van der Waals surface area contributed by atoms with Crippen LogP contribution in [0.5, 0.6) is 0 Å². The molecule has 8 unspecified atom stereocenters. The maximum atomic E-state index is 11.3. The second-order valence-electron chi connectivity index (χ2n) is 15.8. The van der Waals surface area contributed by atoms with Crippen molar-refractivity contribution in [3.8, 4) is 0 Å². The van der Waals surface area contributed by atoms with Gasteiger partial charge in [0.1, 0.15) is 30.5 Å². The van der Waals surface area contributed by atoms with Crippen LogP contribution in [0.1, 0.15) is 51.3 Å². The first-order chi connectivity index (χ1) is 27.6. The number of aliphatic hydroxyl groups excluding tert-OH is 1. The van der Waals surface area contributed by atoms with E-state index in [1.165, 1.54) is 0 Å². The van der Waals surface area contributed by atoms with Gasteiger partial charge in [0, 0.05) is 10.8 Å². The summed E-state index contributed by atoms with van der Waals surface area (Å²) in [5.41, 5.74) is 12.6. The molecule has 1 N–H and O–H groups in total. The van der Waals surface area contributed by atoms with E-state index in [9.17, 15) is 10.6 Å². The van der Waals surface area contributed by atoms with Gasteiger partial charge in [-0.05, 0) is 48.9 Å². The van der Waals surface area contributed by atoms with E-state index in [-0.39, 0.29) is 31.3 Å². The highest BCUT2D eigenvalue weighted by Crippen LogP contribution is 2.42. The summed E-state index contributed by atoms with van der Waals surface area (Å²) < 4.78 is 64.0. The van der Waals surface area contributed by atoms with Crippen molar-refractivity contribution in [1.82, 2.24) is 0 Å². The maximum absolute atomic E-state index is 11.3. The van der Waals surface area contributed by atoms with Crippen LogP contribution < -0.4 is 0 Å². The summed E-state index contributed by atoms with van der Waals surface area (Å²) in [4.78, 5) is 3.08. The zero-order valence-corrected chi connectivity index (χ0v) is 33.2. The van der Waals surface area contributed by atoms with Crippen LogP contribution in [0.2, 0.25) is 0 Å². The lowest BCUT2D eigenvalue weighted by atomic mass is 9.88. The lowest BCUT2D eigenvalue weighted by molar-refractivity contribution is -0.352. The molecule has 14 heteroatoms. The van der Waals surface area contributed by atoms with Gasteiger partial charge in [0.25, 0.3) is 0 Å². The third-order valence-electron chi connectivity index (χ3n) is 11.1. The Morgan fingerprint density at radius 1 is 0.719 bits per heavy atom. The molecule has 0 saturated carbocycles. The number of nitrogens with zero attached hydrogens (tertiary/aromatic N) is 3. The van der Waals surface area contributed by atoms with Gasteiger partial charge >= 0.3 is 0 Å². The molecular formula is C43H55N3O11. The molecule has 0 spiro atoms. The summed E-state index contributed by atoms with van der Waals surface area (Å²) in [6.45, 7) is 11.0. The molecule has 4 aliphatic rings. The molecule has 0 bridgehead atoms. The minimum Gasteiger partial charge on any atom is -0.374 e. The van der Waals surface area contributed by atoms with Crippen LogP contribution in [0.4, 0.5) is 0 Å². The number of benzene rings is 3. The first-order valence-electron chi connectivity index (χ1n) is 19.8. The number of azide groups is 1. The Balaban J connectivity index is 1.02. The van der Waals surface area contributed by atoms with Gasteiger partial charge in [0.2, 0.25) is 0 Å². The van der Waals surface area contributed by atoms with E-state index in [2.05, 4.69) is 10.0 Å². The lowest BCUT2D eigenvalue weighted by Gasteiger charge is -2.47. The van der Waals surface area contributed by atoms with E-state index in [4.69, 9.17) is 47.4 Å². The molecule has 0 amide bonds. The Labute approximate surface area is 334 Å². The zero-order valence-electron chi connectivity index (χ0n) is 33.2. The van der Waals surface area contributed by atoms with Crippen LogP contribution in [0.25, 0.3) is 10.4 Å². The Kier molecular flexibility index (Phi) is 13.9. The van der Waals surface area contributed by atoms with Gasteiger partial charge in [-0.3, -0.25) is 0 Å². The summed E-state index contributed by atoms with van der Waals surface area (Å²) in [6.07, 6.45) is -7.85. The van der Waals surface area contributed by atoms with E-state index in [0.717, 1.165) is 16.7 Å². The van der Waals surface area contributed by atoms with E-state index >= 15 is 0 Å². The fraction of sp³-hybridized carbons (Fsp3) is 0.581. The number of rotatable bonds is 15. The minimum absolute atomic E-state index is 0.109. The molecule has 0 aromatic heterocycles. The van der Waals surface area contributed by atoms with E-state index in [1.807, 2.05) is 126 Å². The van der Waals surface area contributed by atoms with Gasteiger partial charge in [0.15, 0.2) is 24.7 Å². The molecule has 3 aromatic rings. The predicted molar refractivity (Wildman–Crippen MR) is 206 cm³/mol. The zero-order chi connectivity index (χ0) is 39.9. The molecule has 4 fully saturated rings. The van der Waals surface area contributed by atoms with E-state index < -0.39 is 73.2 Å². The molecule has 57 heavy (non-hydrogen) atoms. The Morgan fingerprint density at radius 2 is 1.30 bits per heavy atom. The number of ether oxygens (including phenoxy) is 10. The van der Waals surface area contributed by atoms with Gasteiger partial charge in [-0.2, -0.15) is 0 Å². The first-order valence-corrected chi connectivity index (χ1v) is 19.8. The van der Waals surface area contributed by atoms with Gasteiger partial charge in [-0.1, -0.05) is 110 Å². The topological polar surface area (TPSA) is 161 Å². The number of hydrogen-bond acceptors (Lipinski definition) is 12. The van der Waals surface area contributed by atoms with Gasteiger partial charge in [-0.15, -0.1) is 0 Å². The number of fused-ring (bicyclic) bond motifs is 1. The van der Waals surface area contributed by atoms with Crippen molar-refractivity contribution >= 4 is 0 Å². The molecule has 4 saturated heterocycles. The molecule has 308 valence electrons. The third kappa shape index (κ3) is 10.2. The molecule has 3 aromatic carbocycles. The molecule has 0 aliphatic carbocycles. The highest BCUT2D eigenvalue weighted by molar-refractivity contribution is 5.15. The van der Waals surface area contributed by atoms with Crippen molar-refractivity contribution in [1.29, 1.82) is 0 Å². The average Bonchev–Trinajstić information content (AvgIpc) is 3.55. The molecule has 4 aliphatic heterocycles. The Morgan fingerprint density at radius 3 is 1.93 bits per heavy atom. The summed E-state index contributed by atoms with van der Waals surface area (Å²) in [5.74, 6) is -1.71. The maximum Gasteiger partial charge on any atom is 0.187 e. The predicted octanol–water partition coefficient (Wildman–Crippen LogP) is 6.43. The highest BCUT2D eigenvalue weighted by Gasteiger charge is 2.58. The Hall–Kier alpha value is -3.47. The first kappa shape index (κ1) is 41.7. The summed E-state index contributed by atoms with van der Waals surface area (Å²) in [7, 11) is 0. The molecule has 7 rings (SSSR count). The van der Waals surface area contributed by atoms with Crippen molar-refractivity contribution in [3.05, 3.63) is 118 Å². The largest absolute Gasteiger partial charge is 0.374 e. The van der Waals surface area contributed by atoms with Gasteiger partial charge in [-0.25, -0.2) is 0 Å². The fourth-order valence-electron chi connectivity index (χ4n) is 8.13. The smallest absolute Gasteiger partial charge is 0.187 e. The molecule has 4 heterocycles. The fourth-order valence-corrected chi connectivity index (χ4v) is 8.13. The number of aliphatic hydroxyl groups is 1. The van der Waals surface area contributed by atoms with Crippen molar-refractivity contribution in [2.75, 3.05) is 13.2 Å². The SMILES string of the molecule is CC1C(OCc2ccccc2)[C@H](OCc2ccccc2)CO[C@H]1O[C@H]1C(C)O[C@@H](OC2C(C)[C@@H](N=[N+]=[N-])C(COCc3ccccc3)O[C@@H]2O)C2OC(C)(C)OC21. The highest BCUT2D eigenvalue weighted by atomic mass is 16.8. The van der Waals surface area contributed by atoms with Crippen LogP contribution in [-0.2, 0) is 67.2 Å². The normalized spacial score (nSPS) is 36.2. The quantitative estimate of drug-likeness (QED) is 0.103. The van der Waals surface area contributed by atoms with Crippen molar-refractivity contribution in [2.45, 2.75) is 134 Å². The van der Waals surface area contributed by atoms with Crippen LogP contribution in [0.3, 0.4) is 0 Å². The van der Waals surface area contributed by atoms with E-state index in [0.29, 0.717) is 19.8 Å². The van der Waals surface area contributed by atoms with Crippen LogP contribution in [-0.4, -0.2) is 97.9 Å². The molecule has 14 atom stereocenters. The average molecular weight is 790 g/mol. The third-order valence-corrected chi connectivity index (χ3v) is 11.1. The molecule has 14 nitrogen and oxygen atoms in total. The van der Waals surface area contributed by atoms with E-state index in [1.54, 1.807) is 0 Å². The standard InChI is InChI=1S/C43H55N3O11/c1-26-34(45-46-44)32(24-48-21-29-15-9-6-10-16-29)53-40(47)36(26)54-42-39-38(56-43(4,5)57-39)37(28(3)52-42)55-41-27(2)35(50-23-31-19-13-8-14-20-31)33(25-51-41)49-22-30-17-11-7-12-18-30/h6-20,26-28,32-42,47H,21-25H2,1-5H3/t26?,27?,28?,32?,33-,34-,35?,36?,37+,38?,39?,40+,41+,42+/m1/s1. The monoisotopic (exact) mass is 789 g/mol. The van der Waals surface area contributed by atoms with Crippen molar-refractivity contribution in [3.63, 3.8) is 0 Å². The lowest BCUT2D eigenvalue weighted by Crippen LogP contribution is -2.62. The molecular weight excluding hydrogens is 734 g/mol. The summed E-state index contributed by atoms with van der Waals surface area (Å²) in [6, 6.07) is 29.1. The van der Waals surface area contributed by atoms with Crippen LogP contribution >= 0.6 is 0 Å². The second-order valence-corrected chi connectivity index (χ2v) is 15.8. The summed E-state index contributed by atoms with van der Waals surface area (Å²) >= 11 is 0. The minimum atomic E-state index is -1.36.